The van der Waals surface area contributed by atoms with Gasteiger partial charge < -0.3 is 10.5 Å². The Bertz CT molecular complexity index is 531. The van der Waals surface area contributed by atoms with Crippen LogP contribution in [0.2, 0.25) is 0 Å². The van der Waals surface area contributed by atoms with Crippen molar-refractivity contribution in [2.75, 3.05) is 7.11 Å². The van der Waals surface area contributed by atoms with Crippen LogP contribution >= 0.6 is 0 Å². The highest BCUT2D eigenvalue weighted by atomic mass is 19.1. The molecule has 1 heterocycles. The van der Waals surface area contributed by atoms with E-state index >= 15 is 0 Å². The number of ether oxygens (including phenoxy) is 1. The van der Waals surface area contributed by atoms with Crippen LogP contribution in [0.15, 0.2) is 42.6 Å². The van der Waals surface area contributed by atoms with Gasteiger partial charge in [-0.15, -0.1) is 0 Å². The highest BCUT2D eigenvalue weighted by molar-refractivity contribution is 5.32. The maximum atomic E-state index is 14.0. The molecule has 100 valence electrons. The lowest BCUT2D eigenvalue weighted by atomic mass is 10.0. The summed E-state index contributed by atoms with van der Waals surface area (Å²) in [7, 11) is 1.45. The minimum Gasteiger partial charge on any atom is -0.494 e. The zero-order valence-corrected chi connectivity index (χ0v) is 10.8. The lowest BCUT2D eigenvalue weighted by Gasteiger charge is -2.14. The van der Waals surface area contributed by atoms with Crippen LogP contribution in [0.3, 0.4) is 0 Å². The number of aromatic nitrogens is 1. The van der Waals surface area contributed by atoms with E-state index in [0.29, 0.717) is 12.0 Å². The van der Waals surface area contributed by atoms with Gasteiger partial charge in [0.1, 0.15) is 0 Å². The van der Waals surface area contributed by atoms with Gasteiger partial charge in [-0.1, -0.05) is 18.2 Å². The molecule has 2 rings (SSSR count). The van der Waals surface area contributed by atoms with E-state index in [4.69, 9.17) is 10.5 Å². The van der Waals surface area contributed by atoms with Gasteiger partial charge in [-0.3, -0.25) is 4.98 Å². The van der Waals surface area contributed by atoms with Crippen molar-refractivity contribution in [3.05, 3.63) is 59.7 Å². The average Bonchev–Trinajstić information content (AvgIpc) is 2.46. The summed E-state index contributed by atoms with van der Waals surface area (Å²) in [4.78, 5) is 4.23. The lowest BCUT2D eigenvalue weighted by molar-refractivity contribution is 0.381. The number of aryl methyl sites for hydroxylation is 1. The first kappa shape index (κ1) is 13.5. The molecule has 1 aromatic carbocycles. The molecule has 4 heteroatoms. The average molecular weight is 260 g/mol. The van der Waals surface area contributed by atoms with Crippen molar-refractivity contribution in [3.63, 3.8) is 0 Å². The number of pyridine rings is 1. The summed E-state index contributed by atoms with van der Waals surface area (Å²) >= 11 is 0. The largest absolute Gasteiger partial charge is 0.494 e. The Labute approximate surface area is 112 Å². The van der Waals surface area contributed by atoms with Gasteiger partial charge in [-0.05, 0) is 31.0 Å². The molecule has 0 spiro atoms. The van der Waals surface area contributed by atoms with Crippen molar-refractivity contribution < 1.29 is 9.13 Å². The predicted octanol–water partition coefficient (Wildman–Crippen LogP) is 2.86. The molecule has 3 nitrogen and oxygen atoms in total. The van der Waals surface area contributed by atoms with Crippen LogP contribution in [-0.2, 0) is 6.42 Å². The molecule has 0 aliphatic rings. The Hall–Kier alpha value is -1.94. The molecule has 1 unspecified atom stereocenters. The van der Waals surface area contributed by atoms with Crippen LogP contribution in [-0.4, -0.2) is 12.1 Å². The number of nitrogens with zero attached hydrogens (tertiary/aromatic N) is 1. The molecule has 0 saturated heterocycles. The van der Waals surface area contributed by atoms with E-state index in [-0.39, 0.29) is 17.6 Å². The van der Waals surface area contributed by atoms with Crippen molar-refractivity contribution in [1.29, 1.82) is 0 Å². The van der Waals surface area contributed by atoms with Gasteiger partial charge in [0.15, 0.2) is 11.6 Å². The standard InChI is InChI=1S/C15H17FN2O/c1-19-14-7-4-6-12(15(14)16)13(17)9-8-11-5-2-3-10-18-11/h2-7,10,13H,8-9,17H2,1H3. The number of hydrogen-bond donors (Lipinski definition) is 1. The second kappa shape index (κ2) is 6.29. The minimum atomic E-state index is -0.376. The van der Waals surface area contributed by atoms with Gasteiger partial charge in [0.25, 0.3) is 0 Å². The van der Waals surface area contributed by atoms with E-state index in [0.717, 1.165) is 12.1 Å². The van der Waals surface area contributed by atoms with Crippen LogP contribution in [0.1, 0.15) is 23.7 Å². The predicted molar refractivity (Wildman–Crippen MR) is 72.4 cm³/mol. The number of rotatable bonds is 5. The summed E-state index contributed by atoms with van der Waals surface area (Å²) in [6, 6.07) is 10.4. The Morgan fingerprint density at radius 3 is 2.79 bits per heavy atom. The molecule has 19 heavy (non-hydrogen) atoms. The van der Waals surface area contributed by atoms with Gasteiger partial charge in [-0.2, -0.15) is 0 Å². The third-order valence-electron chi connectivity index (χ3n) is 3.05. The van der Waals surface area contributed by atoms with Crippen molar-refractivity contribution >= 4 is 0 Å². The lowest BCUT2D eigenvalue weighted by Crippen LogP contribution is -2.14. The van der Waals surface area contributed by atoms with Crippen molar-refractivity contribution in [1.82, 2.24) is 4.98 Å². The first-order chi connectivity index (χ1) is 9.22. The fourth-order valence-corrected chi connectivity index (χ4v) is 1.98. The fourth-order valence-electron chi connectivity index (χ4n) is 1.98. The molecule has 0 aliphatic heterocycles. The molecule has 0 bridgehead atoms. The molecule has 0 aliphatic carbocycles. The molecule has 0 fully saturated rings. The smallest absolute Gasteiger partial charge is 0.169 e. The normalized spacial score (nSPS) is 12.2. The van der Waals surface area contributed by atoms with Crippen LogP contribution in [0, 0.1) is 5.82 Å². The molecular weight excluding hydrogens is 243 g/mol. The van der Waals surface area contributed by atoms with Crippen molar-refractivity contribution in [2.24, 2.45) is 5.73 Å². The Morgan fingerprint density at radius 2 is 2.11 bits per heavy atom. The van der Waals surface area contributed by atoms with Crippen molar-refractivity contribution in [3.8, 4) is 5.75 Å². The maximum absolute atomic E-state index is 14.0. The first-order valence-electron chi connectivity index (χ1n) is 6.20. The summed E-state index contributed by atoms with van der Waals surface area (Å²) < 4.78 is 19.0. The van der Waals surface area contributed by atoms with E-state index in [2.05, 4.69) is 4.98 Å². The topological polar surface area (TPSA) is 48.1 Å². The second-order valence-corrected chi connectivity index (χ2v) is 4.33. The molecule has 2 aromatic rings. The highest BCUT2D eigenvalue weighted by Crippen LogP contribution is 2.26. The third kappa shape index (κ3) is 3.29. The van der Waals surface area contributed by atoms with Crippen LogP contribution in [0.4, 0.5) is 4.39 Å². The summed E-state index contributed by atoms with van der Waals surface area (Å²) in [6.45, 7) is 0. The second-order valence-electron chi connectivity index (χ2n) is 4.33. The Kier molecular flexibility index (Phi) is 4.47. The molecule has 2 N–H and O–H groups in total. The number of benzene rings is 1. The molecule has 1 atom stereocenters. The summed E-state index contributed by atoms with van der Waals surface area (Å²) in [5, 5.41) is 0. The van der Waals surface area contributed by atoms with Gasteiger partial charge >= 0.3 is 0 Å². The highest BCUT2D eigenvalue weighted by Gasteiger charge is 2.15. The molecule has 1 aromatic heterocycles. The van der Waals surface area contributed by atoms with E-state index in [1.54, 1.807) is 24.4 Å². The van der Waals surface area contributed by atoms with E-state index in [9.17, 15) is 4.39 Å². The SMILES string of the molecule is COc1cccc(C(N)CCc2ccccn2)c1F. The van der Waals surface area contributed by atoms with E-state index in [1.165, 1.54) is 7.11 Å². The molecular formula is C15H17FN2O. The van der Waals surface area contributed by atoms with Gasteiger partial charge in [0.05, 0.1) is 7.11 Å². The number of methoxy groups -OCH3 is 1. The van der Waals surface area contributed by atoms with Crippen LogP contribution < -0.4 is 10.5 Å². The zero-order chi connectivity index (χ0) is 13.7. The number of nitrogens with two attached hydrogens (primary N) is 1. The van der Waals surface area contributed by atoms with Gasteiger partial charge in [0.2, 0.25) is 0 Å². The quantitative estimate of drug-likeness (QED) is 0.899. The van der Waals surface area contributed by atoms with Gasteiger partial charge in [0, 0.05) is 23.5 Å². The summed E-state index contributed by atoms with van der Waals surface area (Å²) in [5.74, 6) is -0.149. The summed E-state index contributed by atoms with van der Waals surface area (Å²) in [5.41, 5.74) is 7.49. The molecule has 0 saturated carbocycles. The summed E-state index contributed by atoms with van der Waals surface area (Å²) in [6.07, 6.45) is 3.10. The Balaban J connectivity index is 2.06. The third-order valence-corrected chi connectivity index (χ3v) is 3.05. The van der Waals surface area contributed by atoms with Crippen molar-refractivity contribution in [2.45, 2.75) is 18.9 Å². The Morgan fingerprint density at radius 1 is 1.26 bits per heavy atom. The van der Waals surface area contributed by atoms with E-state index < -0.39 is 0 Å². The number of hydrogen-bond acceptors (Lipinski definition) is 3. The van der Waals surface area contributed by atoms with Crippen LogP contribution in [0.25, 0.3) is 0 Å². The van der Waals surface area contributed by atoms with Gasteiger partial charge in [-0.25, -0.2) is 4.39 Å². The molecule has 0 radical (unpaired) electrons. The first-order valence-corrected chi connectivity index (χ1v) is 6.20. The molecule has 0 amide bonds. The fraction of sp³-hybridized carbons (Fsp3) is 0.267. The van der Waals surface area contributed by atoms with Crippen LogP contribution in [0.5, 0.6) is 5.75 Å². The zero-order valence-electron chi connectivity index (χ0n) is 10.8. The minimum absolute atomic E-state index is 0.228. The monoisotopic (exact) mass is 260 g/mol. The maximum Gasteiger partial charge on any atom is 0.169 e. The van der Waals surface area contributed by atoms with E-state index in [1.807, 2.05) is 18.2 Å². The number of halogens is 1.